The Balaban J connectivity index is 2.23. The number of benzene rings is 1. The zero-order valence-electron chi connectivity index (χ0n) is 10.8. The van der Waals surface area contributed by atoms with Crippen LogP contribution in [0.2, 0.25) is 0 Å². The van der Waals surface area contributed by atoms with Crippen molar-refractivity contribution in [3.8, 4) is 0 Å². The number of alkyl halides is 4. The van der Waals surface area contributed by atoms with Crippen molar-refractivity contribution in [1.29, 1.82) is 0 Å². The van der Waals surface area contributed by atoms with E-state index in [9.17, 15) is 22.4 Å². The molecule has 1 aliphatic heterocycles. The summed E-state index contributed by atoms with van der Waals surface area (Å²) >= 11 is 5.64. The van der Waals surface area contributed by atoms with Gasteiger partial charge in [-0.25, -0.2) is 4.39 Å². The van der Waals surface area contributed by atoms with Crippen molar-refractivity contribution in [2.75, 3.05) is 25.6 Å². The molecule has 1 saturated heterocycles. The maximum Gasteiger partial charge on any atom is 0.419 e. The lowest BCUT2D eigenvalue weighted by molar-refractivity contribution is -0.140. The molecule has 1 aromatic carbocycles. The third-order valence-corrected chi connectivity index (χ3v) is 3.46. The number of amides is 1. The third kappa shape index (κ3) is 3.65. The van der Waals surface area contributed by atoms with Crippen LogP contribution in [-0.4, -0.2) is 42.5 Å². The Morgan fingerprint density at radius 1 is 1.43 bits per heavy atom. The Morgan fingerprint density at radius 2 is 2.14 bits per heavy atom. The van der Waals surface area contributed by atoms with Crippen LogP contribution in [0.15, 0.2) is 18.2 Å². The number of rotatable bonds is 2. The maximum atomic E-state index is 13.2. The van der Waals surface area contributed by atoms with Gasteiger partial charge >= 0.3 is 6.18 Å². The number of nitrogens with zero attached hydrogens (tertiary/aromatic N) is 1. The number of morpholine rings is 1. The van der Waals surface area contributed by atoms with E-state index in [0.717, 1.165) is 6.07 Å². The summed E-state index contributed by atoms with van der Waals surface area (Å²) in [5.74, 6) is -1.82. The molecule has 0 N–H and O–H groups in total. The quantitative estimate of drug-likeness (QED) is 0.618. The molecule has 8 heteroatoms. The SMILES string of the molecule is O=C(c1ccc(F)c(C(F)(F)F)c1)N1CCOC(CCl)C1. The second-order valence-electron chi connectivity index (χ2n) is 4.59. The number of hydrogen-bond donors (Lipinski definition) is 0. The van der Waals surface area contributed by atoms with Crippen LogP contribution in [0.25, 0.3) is 0 Å². The van der Waals surface area contributed by atoms with Gasteiger partial charge in [0.1, 0.15) is 5.82 Å². The fraction of sp³-hybridized carbons (Fsp3) is 0.462. The van der Waals surface area contributed by atoms with Crippen molar-refractivity contribution in [3.05, 3.63) is 35.1 Å². The molecule has 0 aliphatic carbocycles. The summed E-state index contributed by atoms with van der Waals surface area (Å²) in [7, 11) is 0. The van der Waals surface area contributed by atoms with E-state index in [-0.39, 0.29) is 37.2 Å². The van der Waals surface area contributed by atoms with Crippen LogP contribution in [-0.2, 0) is 10.9 Å². The molecule has 1 heterocycles. The van der Waals surface area contributed by atoms with Gasteiger partial charge in [-0.2, -0.15) is 13.2 Å². The minimum absolute atomic E-state index is 0.182. The normalized spacial score (nSPS) is 19.7. The van der Waals surface area contributed by atoms with E-state index in [1.807, 2.05) is 0 Å². The van der Waals surface area contributed by atoms with Gasteiger partial charge in [0.15, 0.2) is 0 Å². The molecular formula is C13H12ClF4NO2. The molecule has 0 spiro atoms. The second-order valence-corrected chi connectivity index (χ2v) is 4.90. The third-order valence-electron chi connectivity index (χ3n) is 3.12. The van der Waals surface area contributed by atoms with Gasteiger partial charge in [-0.15, -0.1) is 11.6 Å². The molecule has 1 aliphatic rings. The van der Waals surface area contributed by atoms with Crippen molar-refractivity contribution in [3.63, 3.8) is 0 Å². The molecule has 1 amide bonds. The summed E-state index contributed by atoms with van der Waals surface area (Å²) in [6, 6.07) is 2.22. The summed E-state index contributed by atoms with van der Waals surface area (Å²) in [5.41, 5.74) is -1.66. The van der Waals surface area contributed by atoms with Crippen LogP contribution in [0.5, 0.6) is 0 Å². The first kappa shape index (κ1) is 16.0. The van der Waals surface area contributed by atoms with E-state index in [2.05, 4.69) is 0 Å². The molecular weight excluding hydrogens is 314 g/mol. The van der Waals surface area contributed by atoms with Crippen LogP contribution in [0.4, 0.5) is 17.6 Å². The highest BCUT2D eigenvalue weighted by Gasteiger charge is 2.35. The molecule has 1 aromatic rings. The van der Waals surface area contributed by atoms with E-state index < -0.39 is 23.5 Å². The monoisotopic (exact) mass is 325 g/mol. The molecule has 0 saturated carbocycles. The lowest BCUT2D eigenvalue weighted by Gasteiger charge is -2.32. The van der Waals surface area contributed by atoms with Crippen molar-refractivity contribution < 1.29 is 27.1 Å². The van der Waals surface area contributed by atoms with Gasteiger partial charge in [-0.05, 0) is 18.2 Å². The molecule has 116 valence electrons. The number of carbonyl (C=O) groups is 1. The van der Waals surface area contributed by atoms with Crippen LogP contribution in [0.3, 0.4) is 0 Å². The highest BCUT2D eigenvalue weighted by Crippen LogP contribution is 2.32. The standard InChI is InChI=1S/C13H12ClF4NO2/c14-6-9-7-19(3-4-21-9)12(20)8-1-2-11(15)10(5-8)13(16,17)18/h1-2,5,9H,3-4,6-7H2. The first-order chi connectivity index (χ1) is 9.82. The number of ether oxygens (including phenoxy) is 1. The molecule has 1 fully saturated rings. The summed E-state index contributed by atoms with van der Waals surface area (Å²) in [4.78, 5) is 13.5. The van der Waals surface area contributed by atoms with Gasteiger partial charge in [0.2, 0.25) is 0 Å². The Bertz CT molecular complexity index is 535. The van der Waals surface area contributed by atoms with Gasteiger partial charge in [-0.3, -0.25) is 4.79 Å². The molecule has 1 atom stereocenters. The van der Waals surface area contributed by atoms with Gasteiger partial charge in [0.05, 0.1) is 24.2 Å². The Kier molecular flexibility index (Phi) is 4.73. The van der Waals surface area contributed by atoms with E-state index in [0.29, 0.717) is 12.1 Å². The van der Waals surface area contributed by atoms with Gasteiger partial charge in [0, 0.05) is 18.7 Å². The Hall–Kier alpha value is -1.34. The fourth-order valence-electron chi connectivity index (χ4n) is 2.06. The summed E-state index contributed by atoms with van der Waals surface area (Å²) in [5, 5.41) is 0. The molecule has 1 unspecified atom stereocenters. The molecule has 21 heavy (non-hydrogen) atoms. The molecule has 2 rings (SSSR count). The fourth-order valence-corrected chi connectivity index (χ4v) is 2.24. The zero-order valence-corrected chi connectivity index (χ0v) is 11.5. The number of halogens is 5. The predicted octanol–water partition coefficient (Wildman–Crippen LogP) is 2.92. The first-order valence-electron chi connectivity index (χ1n) is 6.16. The topological polar surface area (TPSA) is 29.5 Å². The minimum Gasteiger partial charge on any atom is -0.373 e. The average Bonchev–Trinajstić information content (AvgIpc) is 2.46. The molecule has 0 aromatic heterocycles. The van der Waals surface area contributed by atoms with E-state index in [1.54, 1.807) is 0 Å². The van der Waals surface area contributed by atoms with E-state index in [1.165, 1.54) is 4.90 Å². The number of carbonyl (C=O) groups excluding carboxylic acids is 1. The van der Waals surface area contributed by atoms with Crippen molar-refractivity contribution in [2.24, 2.45) is 0 Å². The van der Waals surface area contributed by atoms with E-state index in [4.69, 9.17) is 16.3 Å². The summed E-state index contributed by atoms with van der Waals surface area (Å²) < 4.78 is 56.4. The summed E-state index contributed by atoms with van der Waals surface area (Å²) in [6.07, 6.45) is -5.20. The zero-order chi connectivity index (χ0) is 15.6. The summed E-state index contributed by atoms with van der Waals surface area (Å²) in [6.45, 7) is 0.711. The highest BCUT2D eigenvalue weighted by molar-refractivity contribution is 6.18. The average molecular weight is 326 g/mol. The smallest absolute Gasteiger partial charge is 0.373 e. The lowest BCUT2D eigenvalue weighted by atomic mass is 10.1. The van der Waals surface area contributed by atoms with Crippen molar-refractivity contribution >= 4 is 17.5 Å². The largest absolute Gasteiger partial charge is 0.419 e. The Labute approximate surface area is 123 Å². The first-order valence-corrected chi connectivity index (χ1v) is 6.70. The maximum absolute atomic E-state index is 13.2. The van der Waals surface area contributed by atoms with Crippen LogP contribution in [0, 0.1) is 5.82 Å². The van der Waals surface area contributed by atoms with Gasteiger partial charge in [-0.1, -0.05) is 0 Å². The molecule has 0 radical (unpaired) electrons. The Morgan fingerprint density at radius 3 is 2.76 bits per heavy atom. The molecule has 0 bridgehead atoms. The molecule has 3 nitrogen and oxygen atoms in total. The van der Waals surface area contributed by atoms with Gasteiger partial charge < -0.3 is 9.64 Å². The van der Waals surface area contributed by atoms with E-state index >= 15 is 0 Å². The lowest BCUT2D eigenvalue weighted by Crippen LogP contribution is -2.46. The van der Waals surface area contributed by atoms with Gasteiger partial charge in [0.25, 0.3) is 5.91 Å². The van der Waals surface area contributed by atoms with Crippen molar-refractivity contribution in [2.45, 2.75) is 12.3 Å². The minimum atomic E-state index is -4.84. The predicted molar refractivity (Wildman–Crippen MR) is 67.8 cm³/mol. The van der Waals surface area contributed by atoms with Crippen molar-refractivity contribution in [1.82, 2.24) is 4.90 Å². The highest BCUT2D eigenvalue weighted by atomic mass is 35.5. The van der Waals surface area contributed by atoms with Crippen LogP contribution >= 0.6 is 11.6 Å². The second kappa shape index (κ2) is 6.19. The van der Waals surface area contributed by atoms with Crippen LogP contribution in [0.1, 0.15) is 15.9 Å². The number of hydrogen-bond acceptors (Lipinski definition) is 2. The van der Waals surface area contributed by atoms with Crippen LogP contribution < -0.4 is 0 Å².